The summed E-state index contributed by atoms with van der Waals surface area (Å²) in [6, 6.07) is 14.2. The molecular weight excluding hydrogens is 222 g/mol. The van der Waals surface area contributed by atoms with Crippen LogP contribution in [0, 0.1) is 6.92 Å². The molecule has 0 aliphatic carbocycles. The molecule has 3 aromatic rings. The van der Waals surface area contributed by atoms with Gasteiger partial charge in [0.25, 0.3) is 0 Å². The average Bonchev–Trinajstić information content (AvgIpc) is 2.72. The summed E-state index contributed by atoms with van der Waals surface area (Å²) in [4.78, 5) is 4.53. The van der Waals surface area contributed by atoms with Gasteiger partial charge in [0, 0.05) is 28.5 Å². The molecule has 0 atom stereocenters. The van der Waals surface area contributed by atoms with E-state index >= 15 is 0 Å². The van der Waals surface area contributed by atoms with E-state index in [1.165, 1.54) is 10.9 Å². The Morgan fingerprint density at radius 3 is 2.89 bits per heavy atom. The van der Waals surface area contributed by atoms with Crippen LogP contribution in [0.5, 0.6) is 0 Å². The summed E-state index contributed by atoms with van der Waals surface area (Å²) in [5, 5.41) is 1.17. The van der Waals surface area contributed by atoms with Gasteiger partial charge in [-0.2, -0.15) is 0 Å². The zero-order valence-corrected chi connectivity index (χ0v) is 10.3. The molecule has 0 fully saturated rings. The zero-order valence-electron chi connectivity index (χ0n) is 10.3. The fourth-order valence-electron chi connectivity index (χ4n) is 2.22. The van der Waals surface area contributed by atoms with Crippen LogP contribution in [0.1, 0.15) is 11.4 Å². The second-order valence-corrected chi connectivity index (χ2v) is 4.53. The van der Waals surface area contributed by atoms with Crippen molar-refractivity contribution in [2.45, 2.75) is 13.5 Å². The summed E-state index contributed by atoms with van der Waals surface area (Å²) in [7, 11) is 0. The molecule has 2 heterocycles. The van der Waals surface area contributed by atoms with Crippen LogP contribution in [0.15, 0.2) is 48.7 Å². The first kappa shape index (κ1) is 10.8. The number of hydrogen-bond donors (Lipinski definition) is 1. The van der Waals surface area contributed by atoms with Crippen molar-refractivity contribution in [1.82, 2.24) is 9.55 Å². The first-order chi connectivity index (χ1) is 8.72. The Balaban J connectivity index is 2.00. The maximum absolute atomic E-state index is 5.78. The van der Waals surface area contributed by atoms with Gasteiger partial charge in [-0.15, -0.1) is 0 Å². The van der Waals surface area contributed by atoms with E-state index in [1.807, 2.05) is 31.2 Å². The minimum Gasteiger partial charge on any atom is -0.399 e. The van der Waals surface area contributed by atoms with E-state index < -0.39 is 0 Å². The van der Waals surface area contributed by atoms with E-state index in [4.69, 9.17) is 5.73 Å². The van der Waals surface area contributed by atoms with E-state index in [-0.39, 0.29) is 0 Å². The minimum atomic E-state index is 0.787. The minimum absolute atomic E-state index is 0.787. The molecule has 1 aromatic carbocycles. The quantitative estimate of drug-likeness (QED) is 0.696. The summed E-state index contributed by atoms with van der Waals surface area (Å²) < 4.78 is 2.19. The molecule has 0 aliphatic rings. The second kappa shape index (κ2) is 4.18. The van der Waals surface area contributed by atoms with Crippen LogP contribution in [0.2, 0.25) is 0 Å². The van der Waals surface area contributed by atoms with Crippen molar-refractivity contribution in [3.63, 3.8) is 0 Å². The van der Waals surface area contributed by atoms with Crippen LogP contribution >= 0.6 is 0 Å². The molecule has 0 unspecified atom stereocenters. The van der Waals surface area contributed by atoms with Gasteiger partial charge in [-0.05, 0) is 43.3 Å². The SMILES string of the molecule is Cc1cccc(Cn2ccc3cc(N)ccc32)n1. The van der Waals surface area contributed by atoms with Crippen molar-refractivity contribution in [3.8, 4) is 0 Å². The number of aryl methyl sites for hydroxylation is 1. The number of nitrogens with two attached hydrogens (primary N) is 1. The fourth-order valence-corrected chi connectivity index (χ4v) is 2.22. The summed E-state index contributed by atoms with van der Waals surface area (Å²) in [6.07, 6.45) is 2.08. The van der Waals surface area contributed by atoms with Crippen molar-refractivity contribution in [3.05, 3.63) is 60.0 Å². The summed E-state index contributed by atoms with van der Waals surface area (Å²) in [5.74, 6) is 0. The highest BCUT2D eigenvalue weighted by molar-refractivity contribution is 5.83. The van der Waals surface area contributed by atoms with Crippen molar-refractivity contribution in [1.29, 1.82) is 0 Å². The molecule has 90 valence electrons. The third-order valence-corrected chi connectivity index (χ3v) is 3.07. The summed E-state index contributed by atoms with van der Waals surface area (Å²) in [5.41, 5.74) is 9.89. The van der Waals surface area contributed by atoms with E-state index in [2.05, 4.69) is 33.9 Å². The topological polar surface area (TPSA) is 43.8 Å². The largest absolute Gasteiger partial charge is 0.399 e. The molecule has 0 amide bonds. The Morgan fingerprint density at radius 1 is 1.17 bits per heavy atom. The number of pyridine rings is 1. The highest BCUT2D eigenvalue weighted by Gasteiger charge is 2.03. The summed E-state index contributed by atoms with van der Waals surface area (Å²) >= 11 is 0. The van der Waals surface area contributed by atoms with Crippen LogP contribution in [0.3, 0.4) is 0 Å². The number of aromatic nitrogens is 2. The Morgan fingerprint density at radius 2 is 2.06 bits per heavy atom. The fraction of sp³-hybridized carbons (Fsp3) is 0.133. The molecule has 2 N–H and O–H groups in total. The van der Waals surface area contributed by atoms with Gasteiger partial charge in [0.15, 0.2) is 0 Å². The highest BCUT2D eigenvalue weighted by Crippen LogP contribution is 2.19. The standard InChI is InChI=1S/C15H15N3/c1-11-3-2-4-14(17-11)10-18-8-7-12-9-13(16)5-6-15(12)18/h2-9H,10,16H2,1H3. The summed E-state index contributed by atoms with van der Waals surface area (Å²) in [6.45, 7) is 2.80. The van der Waals surface area contributed by atoms with Gasteiger partial charge in [0.1, 0.15) is 0 Å². The lowest BCUT2D eigenvalue weighted by Crippen LogP contribution is -2.00. The van der Waals surface area contributed by atoms with E-state index in [9.17, 15) is 0 Å². The second-order valence-electron chi connectivity index (χ2n) is 4.53. The molecular formula is C15H15N3. The van der Waals surface area contributed by atoms with Gasteiger partial charge in [-0.3, -0.25) is 4.98 Å². The maximum atomic E-state index is 5.78. The van der Waals surface area contributed by atoms with Crippen LogP contribution in [-0.4, -0.2) is 9.55 Å². The van der Waals surface area contributed by atoms with Crippen molar-refractivity contribution < 1.29 is 0 Å². The highest BCUT2D eigenvalue weighted by atomic mass is 15.0. The normalized spacial score (nSPS) is 10.9. The lowest BCUT2D eigenvalue weighted by molar-refractivity contribution is 0.802. The number of anilines is 1. The van der Waals surface area contributed by atoms with Crippen molar-refractivity contribution in [2.75, 3.05) is 5.73 Å². The third kappa shape index (κ3) is 1.95. The third-order valence-electron chi connectivity index (χ3n) is 3.07. The number of rotatable bonds is 2. The van der Waals surface area contributed by atoms with Crippen molar-refractivity contribution >= 4 is 16.6 Å². The zero-order chi connectivity index (χ0) is 12.5. The molecule has 3 rings (SSSR count). The number of nitrogens with zero attached hydrogens (tertiary/aromatic N) is 2. The predicted molar refractivity (Wildman–Crippen MR) is 74.4 cm³/mol. The molecule has 0 radical (unpaired) electrons. The molecule has 3 nitrogen and oxygen atoms in total. The number of benzene rings is 1. The van der Waals surface area contributed by atoms with E-state index in [0.717, 1.165) is 23.6 Å². The van der Waals surface area contributed by atoms with Crippen LogP contribution in [-0.2, 0) is 6.54 Å². The molecule has 0 spiro atoms. The molecule has 18 heavy (non-hydrogen) atoms. The van der Waals surface area contributed by atoms with Gasteiger partial charge in [0.2, 0.25) is 0 Å². The van der Waals surface area contributed by atoms with Gasteiger partial charge >= 0.3 is 0 Å². The first-order valence-corrected chi connectivity index (χ1v) is 5.99. The Kier molecular flexibility index (Phi) is 2.52. The molecule has 0 bridgehead atoms. The van der Waals surface area contributed by atoms with E-state index in [0.29, 0.717) is 0 Å². The van der Waals surface area contributed by atoms with Crippen LogP contribution in [0.25, 0.3) is 10.9 Å². The Labute approximate surface area is 106 Å². The van der Waals surface area contributed by atoms with Crippen LogP contribution < -0.4 is 5.73 Å². The Bertz CT molecular complexity index is 698. The maximum Gasteiger partial charge on any atom is 0.0648 e. The smallest absolute Gasteiger partial charge is 0.0648 e. The molecule has 0 saturated heterocycles. The Hall–Kier alpha value is -2.29. The molecule has 3 heteroatoms. The average molecular weight is 237 g/mol. The molecule has 0 saturated carbocycles. The van der Waals surface area contributed by atoms with E-state index in [1.54, 1.807) is 0 Å². The number of hydrogen-bond acceptors (Lipinski definition) is 2. The van der Waals surface area contributed by atoms with Gasteiger partial charge in [0.05, 0.1) is 12.2 Å². The van der Waals surface area contributed by atoms with Gasteiger partial charge in [-0.1, -0.05) is 6.07 Å². The lowest BCUT2D eigenvalue weighted by atomic mass is 10.2. The predicted octanol–water partition coefficient (Wildman–Crippen LogP) is 2.98. The van der Waals surface area contributed by atoms with Gasteiger partial charge < -0.3 is 10.3 Å². The van der Waals surface area contributed by atoms with Crippen molar-refractivity contribution in [2.24, 2.45) is 0 Å². The first-order valence-electron chi connectivity index (χ1n) is 5.99. The molecule has 0 aliphatic heterocycles. The molecule has 2 aromatic heterocycles. The number of fused-ring (bicyclic) bond motifs is 1. The monoisotopic (exact) mass is 237 g/mol. The number of nitrogen functional groups attached to an aromatic ring is 1. The lowest BCUT2D eigenvalue weighted by Gasteiger charge is -2.06. The van der Waals surface area contributed by atoms with Gasteiger partial charge in [-0.25, -0.2) is 0 Å². The van der Waals surface area contributed by atoms with Crippen LogP contribution in [0.4, 0.5) is 5.69 Å².